The maximum atomic E-state index is 11.8. The highest BCUT2D eigenvalue weighted by molar-refractivity contribution is 7.91. The number of nitrogens with one attached hydrogen (secondary N) is 1. The average molecular weight is 279 g/mol. The van der Waals surface area contributed by atoms with Crippen molar-refractivity contribution >= 4 is 32.0 Å². The van der Waals surface area contributed by atoms with E-state index in [9.17, 15) is 18.5 Å². The van der Waals surface area contributed by atoms with Crippen molar-refractivity contribution < 1.29 is 13.3 Å². The Bertz CT molecular complexity index is 523. The van der Waals surface area contributed by atoms with Crippen LogP contribution >= 0.6 is 11.3 Å². The molecule has 0 saturated heterocycles. The smallest absolute Gasteiger partial charge is 0.304 e. The first-order valence-electron chi connectivity index (χ1n) is 4.84. The van der Waals surface area contributed by atoms with Gasteiger partial charge in [0.2, 0.25) is 0 Å². The van der Waals surface area contributed by atoms with Crippen LogP contribution in [0.1, 0.15) is 20.3 Å². The highest BCUT2D eigenvalue weighted by atomic mass is 32.2. The Morgan fingerprint density at radius 3 is 2.65 bits per heavy atom. The van der Waals surface area contributed by atoms with Gasteiger partial charge in [-0.2, -0.15) is 0 Å². The molecule has 3 N–H and O–H groups in total. The summed E-state index contributed by atoms with van der Waals surface area (Å²) in [5.74, 6) is 0. The Hall–Kier alpha value is -1.19. The lowest BCUT2D eigenvalue weighted by Gasteiger charge is -2.09. The van der Waals surface area contributed by atoms with Crippen molar-refractivity contribution in [1.82, 2.24) is 4.72 Å². The number of nitrogens with two attached hydrogens (primary N) is 1. The van der Waals surface area contributed by atoms with E-state index in [0.29, 0.717) is 17.8 Å². The van der Waals surface area contributed by atoms with Gasteiger partial charge in [-0.3, -0.25) is 10.1 Å². The van der Waals surface area contributed by atoms with Crippen molar-refractivity contribution in [3.8, 4) is 0 Å². The first-order valence-corrected chi connectivity index (χ1v) is 7.14. The molecule has 96 valence electrons. The second-order valence-electron chi connectivity index (χ2n) is 3.50. The Kier molecular flexibility index (Phi) is 4.07. The molecule has 9 heteroatoms. The predicted octanol–water partition coefficient (Wildman–Crippen LogP) is 1.32. The number of hydrogen-bond donors (Lipinski definition) is 2. The van der Waals surface area contributed by atoms with E-state index in [1.807, 2.05) is 6.92 Å². The topological polar surface area (TPSA) is 115 Å². The van der Waals surface area contributed by atoms with Gasteiger partial charge < -0.3 is 5.73 Å². The fraction of sp³-hybridized carbons (Fsp3) is 0.500. The minimum Gasteiger partial charge on any atom is -0.385 e. The number of sulfonamides is 1. The van der Waals surface area contributed by atoms with Gasteiger partial charge in [0.1, 0.15) is 4.21 Å². The van der Waals surface area contributed by atoms with Crippen LogP contribution in [0.2, 0.25) is 0 Å². The molecule has 0 amide bonds. The van der Waals surface area contributed by atoms with Crippen molar-refractivity contribution in [2.75, 3.05) is 5.73 Å². The molecule has 0 saturated carbocycles. The van der Waals surface area contributed by atoms with Gasteiger partial charge in [0, 0.05) is 12.1 Å². The number of hydrogen-bond acceptors (Lipinski definition) is 6. The summed E-state index contributed by atoms with van der Waals surface area (Å²) in [5, 5.41) is 10.4. The van der Waals surface area contributed by atoms with Crippen LogP contribution < -0.4 is 10.5 Å². The zero-order valence-corrected chi connectivity index (χ0v) is 11.0. The summed E-state index contributed by atoms with van der Waals surface area (Å²) >= 11 is 0.688. The lowest BCUT2D eigenvalue weighted by Crippen LogP contribution is -2.31. The minimum atomic E-state index is -3.72. The number of rotatable bonds is 5. The molecule has 0 aliphatic heterocycles. The van der Waals surface area contributed by atoms with Gasteiger partial charge in [-0.15, -0.1) is 0 Å². The van der Waals surface area contributed by atoms with Crippen molar-refractivity contribution in [3.05, 3.63) is 16.2 Å². The molecule has 0 radical (unpaired) electrons. The number of nitrogen functional groups attached to an aromatic ring is 1. The molecular weight excluding hydrogens is 266 g/mol. The minimum absolute atomic E-state index is 0.112. The Morgan fingerprint density at radius 2 is 2.24 bits per heavy atom. The average Bonchev–Trinajstić information content (AvgIpc) is 2.60. The van der Waals surface area contributed by atoms with Gasteiger partial charge in [0.25, 0.3) is 10.0 Å². The van der Waals surface area contributed by atoms with Gasteiger partial charge in [-0.1, -0.05) is 18.3 Å². The van der Waals surface area contributed by atoms with Crippen molar-refractivity contribution in [1.29, 1.82) is 0 Å². The molecule has 17 heavy (non-hydrogen) atoms. The fourth-order valence-corrected chi connectivity index (χ4v) is 3.61. The molecule has 1 atom stereocenters. The van der Waals surface area contributed by atoms with Gasteiger partial charge in [-0.05, 0) is 13.3 Å². The highest BCUT2D eigenvalue weighted by Gasteiger charge is 2.25. The second kappa shape index (κ2) is 4.98. The van der Waals surface area contributed by atoms with E-state index in [-0.39, 0.29) is 20.9 Å². The monoisotopic (exact) mass is 279 g/mol. The van der Waals surface area contributed by atoms with Crippen molar-refractivity contribution in [2.24, 2.45) is 0 Å². The summed E-state index contributed by atoms with van der Waals surface area (Å²) in [7, 11) is -3.72. The zero-order chi connectivity index (χ0) is 13.2. The number of nitro groups is 1. The van der Waals surface area contributed by atoms with Crippen LogP contribution in [-0.2, 0) is 10.0 Å². The molecule has 0 spiro atoms. The third kappa shape index (κ3) is 3.14. The second-order valence-corrected chi connectivity index (χ2v) is 6.53. The number of anilines is 1. The van der Waals surface area contributed by atoms with E-state index in [2.05, 4.69) is 4.72 Å². The van der Waals surface area contributed by atoms with Crippen LogP contribution in [0.3, 0.4) is 0 Å². The Balaban J connectivity index is 3.08. The lowest BCUT2D eigenvalue weighted by molar-refractivity contribution is -0.383. The zero-order valence-electron chi connectivity index (χ0n) is 9.34. The maximum absolute atomic E-state index is 11.8. The van der Waals surface area contributed by atoms with Gasteiger partial charge >= 0.3 is 5.69 Å². The molecule has 1 aromatic rings. The molecule has 7 nitrogen and oxygen atoms in total. The van der Waals surface area contributed by atoms with Crippen molar-refractivity contribution in [2.45, 2.75) is 30.5 Å². The van der Waals surface area contributed by atoms with Gasteiger partial charge in [0.15, 0.2) is 5.00 Å². The molecule has 1 unspecified atom stereocenters. The Morgan fingerprint density at radius 1 is 1.65 bits per heavy atom. The third-order valence-electron chi connectivity index (χ3n) is 2.15. The van der Waals surface area contributed by atoms with Crippen LogP contribution in [0.5, 0.6) is 0 Å². The first-order chi connectivity index (χ1) is 7.77. The lowest BCUT2D eigenvalue weighted by atomic mass is 10.3. The van der Waals surface area contributed by atoms with Crippen LogP contribution in [0, 0.1) is 10.1 Å². The SMILES string of the molecule is CCC(C)NS(=O)(=O)c1cc([N+](=O)[O-])c(N)s1. The Labute approximate surface area is 103 Å². The molecule has 1 heterocycles. The number of thiophene rings is 1. The quantitative estimate of drug-likeness (QED) is 0.623. The predicted molar refractivity (Wildman–Crippen MR) is 65.5 cm³/mol. The van der Waals surface area contributed by atoms with Gasteiger partial charge in [-0.25, -0.2) is 13.1 Å². The van der Waals surface area contributed by atoms with E-state index in [0.717, 1.165) is 6.07 Å². The van der Waals surface area contributed by atoms with E-state index in [1.54, 1.807) is 6.92 Å². The van der Waals surface area contributed by atoms with Gasteiger partial charge in [0.05, 0.1) is 4.92 Å². The van der Waals surface area contributed by atoms with E-state index < -0.39 is 14.9 Å². The molecule has 0 aliphatic rings. The van der Waals surface area contributed by atoms with Crippen LogP contribution in [0.25, 0.3) is 0 Å². The van der Waals surface area contributed by atoms with Crippen LogP contribution in [-0.4, -0.2) is 19.4 Å². The third-order valence-corrected chi connectivity index (χ3v) is 5.16. The molecule has 0 bridgehead atoms. The summed E-state index contributed by atoms with van der Waals surface area (Å²) in [6, 6.07) is 0.743. The summed E-state index contributed by atoms with van der Waals surface area (Å²) in [6.07, 6.45) is 0.627. The van der Waals surface area contributed by atoms with E-state index in [1.165, 1.54) is 0 Å². The van der Waals surface area contributed by atoms with Crippen LogP contribution in [0.15, 0.2) is 10.3 Å². The largest absolute Gasteiger partial charge is 0.385 e. The van der Waals surface area contributed by atoms with E-state index in [4.69, 9.17) is 5.73 Å². The van der Waals surface area contributed by atoms with Crippen LogP contribution in [0.4, 0.5) is 10.7 Å². The number of nitrogens with zero attached hydrogens (tertiary/aromatic N) is 1. The summed E-state index contributed by atoms with van der Waals surface area (Å²) in [4.78, 5) is 9.86. The first kappa shape index (κ1) is 13.9. The molecule has 0 fully saturated rings. The molecule has 0 aliphatic carbocycles. The van der Waals surface area contributed by atoms with Crippen molar-refractivity contribution in [3.63, 3.8) is 0 Å². The molecule has 1 aromatic heterocycles. The molecule has 0 aromatic carbocycles. The molecule has 1 rings (SSSR count). The maximum Gasteiger partial charge on any atom is 0.304 e. The highest BCUT2D eigenvalue weighted by Crippen LogP contribution is 2.34. The normalized spacial score (nSPS) is 13.5. The van der Waals surface area contributed by atoms with E-state index >= 15 is 0 Å². The fourth-order valence-electron chi connectivity index (χ4n) is 1.05. The summed E-state index contributed by atoms with van der Waals surface area (Å²) in [6.45, 7) is 3.54. The molecular formula is C8H13N3O4S2. The summed E-state index contributed by atoms with van der Waals surface area (Å²) in [5.41, 5.74) is 5.01. The summed E-state index contributed by atoms with van der Waals surface area (Å²) < 4.78 is 25.9. The standard InChI is InChI=1S/C8H13N3O4S2/c1-3-5(2)10-17(14,15)7-4-6(11(12)13)8(9)16-7/h4-5,10H,3,9H2,1-2H3.